The molecular formula is C31H32N2O4S. The van der Waals surface area contributed by atoms with Gasteiger partial charge in [0.1, 0.15) is 10.8 Å². The molecule has 0 aliphatic heterocycles. The van der Waals surface area contributed by atoms with E-state index >= 15 is 0 Å². The zero-order chi connectivity index (χ0) is 26.8. The smallest absolute Gasteiger partial charge is 0.341 e. The Hall–Kier alpha value is -3.71. The van der Waals surface area contributed by atoms with Crippen LogP contribution in [0.5, 0.6) is 5.75 Å². The van der Waals surface area contributed by atoms with Crippen molar-refractivity contribution >= 4 is 39.1 Å². The van der Waals surface area contributed by atoms with Gasteiger partial charge in [-0.25, -0.2) is 9.78 Å². The molecule has 1 amide bonds. The summed E-state index contributed by atoms with van der Waals surface area (Å²) in [7, 11) is 1.38. The highest BCUT2D eigenvalue weighted by atomic mass is 32.1. The second kappa shape index (κ2) is 11.0. The maximum Gasteiger partial charge on any atom is 0.341 e. The van der Waals surface area contributed by atoms with Crippen LogP contribution >= 0.6 is 11.3 Å². The lowest BCUT2D eigenvalue weighted by molar-refractivity contribution is 0.0600. The number of esters is 1. The van der Waals surface area contributed by atoms with Crippen molar-refractivity contribution in [3.63, 3.8) is 0 Å². The second-order valence-electron chi connectivity index (χ2n) is 9.93. The van der Waals surface area contributed by atoms with Gasteiger partial charge in [0, 0.05) is 15.8 Å². The number of pyridine rings is 1. The third-order valence-corrected chi connectivity index (χ3v) is 8.21. The van der Waals surface area contributed by atoms with E-state index in [1.54, 1.807) is 0 Å². The molecule has 38 heavy (non-hydrogen) atoms. The molecule has 1 atom stereocenters. The fraction of sp³-hybridized carbons (Fsp3) is 0.323. The zero-order valence-electron chi connectivity index (χ0n) is 22.2. The van der Waals surface area contributed by atoms with Gasteiger partial charge in [0.15, 0.2) is 0 Å². The average Bonchev–Trinajstić information content (AvgIpc) is 3.28. The third kappa shape index (κ3) is 5.16. The number of nitrogens with one attached hydrogen (secondary N) is 1. The first kappa shape index (κ1) is 25.9. The minimum atomic E-state index is -0.406. The summed E-state index contributed by atoms with van der Waals surface area (Å²) in [6.07, 6.45) is 3.97. The molecule has 2 aromatic heterocycles. The van der Waals surface area contributed by atoms with E-state index < -0.39 is 5.97 Å². The van der Waals surface area contributed by atoms with Gasteiger partial charge in [-0.1, -0.05) is 31.5 Å². The van der Waals surface area contributed by atoms with Crippen molar-refractivity contribution in [3.05, 3.63) is 76.2 Å². The summed E-state index contributed by atoms with van der Waals surface area (Å²) in [5.74, 6) is 0.696. The van der Waals surface area contributed by atoms with Gasteiger partial charge in [0.2, 0.25) is 0 Å². The van der Waals surface area contributed by atoms with Gasteiger partial charge >= 0.3 is 5.97 Å². The Bertz CT molecular complexity index is 1490. The summed E-state index contributed by atoms with van der Waals surface area (Å²) in [6, 6.07) is 17.1. The van der Waals surface area contributed by atoms with Crippen molar-refractivity contribution in [1.82, 2.24) is 4.98 Å². The maximum atomic E-state index is 13.8. The van der Waals surface area contributed by atoms with Crippen molar-refractivity contribution in [1.29, 1.82) is 0 Å². The number of anilines is 1. The summed E-state index contributed by atoms with van der Waals surface area (Å²) in [6.45, 7) is 6.17. The van der Waals surface area contributed by atoms with E-state index in [-0.39, 0.29) is 12.0 Å². The van der Waals surface area contributed by atoms with Gasteiger partial charge in [0.25, 0.3) is 5.91 Å². The van der Waals surface area contributed by atoms with Gasteiger partial charge < -0.3 is 14.8 Å². The number of carbonyl (C=O) groups is 2. The van der Waals surface area contributed by atoms with Crippen LogP contribution in [0.15, 0.2) is 54.6 Å². The standard InChI is InChI=1S/C31H32N2O4S/c1-5-19-10-15-23-27(16-19)38-30(28(23)31(35)36-4)33-29(34)24-17-26(32-25-9-7-6-8-22(24)25)20-11-13-21(14-12-20)37-18(2)3/h6-9,11-14,17-19H,5,10,15-16H2,1-4H3,(H,33,34)/t19-/m0/s1. The van der Waals surface area contributed by atoms with E-state index in [1.807, 2.05) is 68.4 Å². The van der Waals surface area contributed by atoms with Crippen molar-refractivity contribution in [2.45, 2.75) is 52.6 Å². The second-order valence-corrected chi connectivity index (χ2v) is 11.0. The number of thiophene rings is 1. The van der Waals surface area contributed by atoms with Crippen LogP contribution in [-0.2, 0) is 17.6 Å². The molecule has 7 heteroatoms. The number of ether oxygens (including phenoxy) is 2. The minimum Gasteiger partial charge on any atom is -0.491 e. The van der Waals surface area contributed by atoms with Crippen molar-refractivity contribution in [2.24, 2.45) is 5.92 Å². The number of para-hydroxylation sites is 1. The van der Waals surface area contributed by atoms with E-state index in [4.69, 9.17) is 14.5 Å². The van der Waals surface area contributed by atoms with E-state index in [2.05, 4.69) is 12.2 Å². The Morgan fingerprint density at radius 1 is 1.13 bits per heavy atom. The Morgan fingerprint density at radius 3 is 2.61 bits per heavy atom. The first-order chi connectivity index (χ1) is 18.4. The molecule has 1 aliphatic rings. The number of amides is 1. The lowest BCUT2D eigenvalue weighted by atomic mass is 9.85. The summed E-state index contributed by atoms with van der Waals surface area (Å²) >= 11 is 1.50. The number of methoxy groups -OCH3 is 1. The van der Waals surface area contributed by atoms with Crippen molar-refractivity contribution < 1.29 is 19.1 Å². The average molecular weight is 529 g/mol. The van der Waals surface area contributed by atoms with Crippen LogP contribution in [0.3, 0.4) is 0 Å². The normalized spacial score (nSPS) is 14.8. The molecule has 1 N–H and O–H groups in total. The Kier molecular flexibility index (Phi) is 7.47. The number of nitrogens with zero attached hydrogens (tertiary/aromatic N) is 1. The highest BCUT2D eigenvalue weighted by Crippen LogP contribution is 2.41. The molecule has 5 rings (SSSR count). The molecule has 4 aromatic rings. The van der Waals surface area contributed by atoms with Gasteiger partial charge in [-0.05, 0) is 81.0 Å². The molecular weight excluding hydrogens is 496 g/mol. The van der Waals surface area contributed by atoms with Crippen LogP contribution in [-0.4, -0.2) is 30.1 Å². The quantitative estimate of drug-likeness (QED) is 0.255. The van der Waals surface area contributed by atoms with E-state index in [9.17, 15) is 9.59 Å². The topological polar surface area (TPSA) is 77.5 Å². The van der Waals surface area contributed by atoms with Crippen LogP contribution < -0.4 is 10.1 Å². The maximum absolute atomic E-state index is 13.8. The number of carbonyl (C=O) groups excluding carboxylic acids is 2. The molecule has 0 saturated heterocycles. The van der Waals surface area contributed by atoms with E-state index in [1.165, 1.54) is 23.3 Å². The summed E-state index contributed by atoms with van der Waals surface area (Å²) < 4.78 is 10.9. The van der Waals surface area contributed by atoms with Crippen LogP contribution in [0.1, 0.15) is 64.8 Å². The number of hydrogen-bond donors (Lipinski definition) is 1. The zero-order valence-corrected chi connectivity index (χ0v) is 23.0. The fourth-order valence-corrected chi connectivity index (χ4v) is 6.41. The number of fused-ring (bicyclic) bond motifs is 2. The molecule has 6 nitrogen and oxygen atoms in total. The Balaban J connectivity index is 1.53. The number of rotatable bonds is 7. The van der Waals surface area contributed by atoms with E-state index in [0.29, 0.717) is 27.7 Å². The molecule has 0 bridgehead atoms. The molecule has 2 heterocycles. The van der Waals surface area contributed by atoms with Crippen LogP contribution in [0.4, 0.5) is 5.00 Å². The SMILES string of the molecule is CC[C@H]1CCc2c(sc(NC(=O)c3cc(-c4ccc(OC(C)C)cc4)nc4ccccc34)c2C(=O)OC)C1. The number of aromatic nitrogens is 1. The predicted octanol–water partition coefficient (Wildman–Crippen LogP) is 7.30. The first-order valence-electron chi connectivity index (χ1n) is 13.1. The highest BCUT2D eigenvalue weighted by molar-refractivity contribution is 7.17. The summed E-state index contributed by atoms with van der Waals surface area (Å²) in [5.41, 5.74) is 4.31. The molecule has 196 valence electrons. The van der Waals surface area contributed by atoms with Crippen LogP contribution in [0.2, 0.25) is 0 Å². The molecule has 0 fully saturated rings. The number of hydrogen-bond acceptors (Lipinski definition) is 6. The summed E-state index contributed by atoms with van der Waals surface area (Å²) in [5, 5.41) is 4.37. The summed E-state index contributed by atoms with van der Waals surface area (Å²) in [4.78, 5) is 32.6. The molecule has 0 spiro atoms. The Morgan fingerprint density at radius 2 is 1.89 bits per heavy atom. The van der Waals surface area contributed by atoms with Gasteiger partial charge in [-0.3, -0.25) is 4.79 Å². The van der Waals surface area contributed by atoms with Gasteiger partial charge in [-0.2, -0.15) is 0 Å². The molecule has 2 aromatic carbocycles. The first-order valence-corrected chi connectivity index (χ1v) is 13.9. The fourth-order valence-electron chi connectivity index (χ4n) is 5.07. The third-order valence-electron chi connectivity index (χ3n) is 7.04. The molecule has 1 aliphatic carbocycles. The van der Waals surface area contributed by atoms with Crippen molar-refractivity contribution in [2.75, 3.05) is 12.4 Å². The minimum absolute atomic E-state index is 0.0839. The van der Waals surface area contributed by atoms with Crippen LogP contribution in [0, 0.1) is 5.92 Å². The lowest BCUT2D eigenvalue weighted by Gasteiger charge is -2.20. The monoisotopic (exact) mass is 528 g/mol. The lowest BCUT2D eigenvalue weighted by Crippen LogP contribution is -2.17. The van der Waals surface area contributed by atoms with Gasteiger partial charge in [-0.15, -0.1) is 11.3 Å². The van der Waals surface area contributed by atoms with Crippen LogP contribution in [0.25, 0.3) is 22.2 Å². The van der Waals surface area contributed by atoms with E-state index in [0.717, 1.165) is 53.5 Å². The molecule has 0 saturated carbocycles. The molecule has 0 unspecified atom stereocenters. The largest absolute Gasteiger partial charge is 0.491 e. The number of benzene rings is 2. The van der Waals surface area contributed by atoms with Gasteiger partial charge in [0.05, 0.1) is 35.6 Å². The Labute approximate surface area is 227 Å². The highest BCUT2D eigenvalue weighted by Gasteiger charge is 2.30. The van der Waals surface area contributed by atoms with Crippen molar-refractivity contribution in [3.8, 4) is 17.0 Å². The predicted molar refractivity (Wildman–Crippen MR) is 152 cm³/mol. The molecule has 0 radical (unpaired) electrons.